The molecular weight excluding hydrogens is 642 g/mol. The van der Waals surface area contributed by atoms with Crippen LogP contribution >= 0.6 is 0 Å². The summed E-state index contributed by atoms with van der Waals surface area (Å²) in [5.74, 6) is -0.265. The third-order valence-corrected chi connectivity index (χ3v) is 8.61. The van der Waals surface area contributed by atoms with Crippen molar-refractivity contribution in [2.75, 3.05) is 38.2 Å². The fourth-order valence-electron chi connectivity index (χ4n) is 4.42. The average molecular weight is 676 g/mol. The van der Waals surface area contributed by atoms with Crippen LogP contribution in [0, 0.1) is 10.1 Å². The smallest absolute Gasteiger partial charge is 0.289 e. The van der Waals surface area contributed by atoms with E-state index < -0.39 is 38.0 Å². The number of para-hydroxylation sites is 1. The summed E-state index contributed by atoms with van der Waals surface area (Å²) in [4.78, 5) is 35.4. The van der Waals surface area contributed by atoms with Crippen molar-refractivity contribution in [2.24, 2.45) is 5.10 Å². The van der Waals surface area contributed by atoms with Gasteiger partial charge in [0, 0.05) is 18.7 Å². The molecule has 0 aliphatic carbocycles. The van der Waals surface area contributed by atoms with Crippen LogP contribution < -0.4 is 29.3 Å². The number of rotatable bonds is 16. The zero-order valence-electron chi connectivity index (χ0n) is 26.1. The van der Waals surface area contributed by atoms with Crippen molar-refractivity contribution < 1.29 is 37.1 Å². The number of hydrogen-bond acceptors (Lipinski definition) is 10. The molecule has 15 heteroatoms. The van der Waals surface area contributed by atoms with E-state index in [4.69, 9.17) is 14.2 Å². The van der Waals surface area contributed by atoms with Crippen LogP contribution in [-0.4, -0.2) is 65.3 Å². The number of carbonyl (C=O) groups is 2. The SMILES string of the molecule is COc1ccc(N(CC(=O)N/N=C\c2ccc(OCC(=O)NCCc3ccccc3)cc2)S(=O)(=O)c2ccccc2[N+](=O)[O-])c(OC)c1. The molecule has 2 amide bonds. The van der Waals surface area contributed by atoms with Crippen molar-refractivity contribution in [1.29, 1.82) is 0 Å². The monoisotopic (exact) mass is 675 g/mol. The number of nitrogens with zero attached hydrogens (tertiary/aromatic N) is 3. The number of anilines is 1. The fraction of sp³-hybridized carbons (Fsp3) is 0.182. The Labute approximate surface area is 277 Å². The molecule has 250 valence electrons. The van der Waals surface area contributed by atoms with E-state index in [0.29, 0.717) is 34.3 Å². The van der Waals surface area contributed by atoms with Crippen LogP contribution in [0.2, 0.25) is 0 Å². The summed E-state index contributed by atoms with van der Waals surface area (Å²) >= 11 is 0. The van der Waals surface area contributed by atoms with E-state index in [0.717, 1.165) is 17.7 Å². The number of methoxy groups -OCH3 is 2. The third kappa shape index (κ3) is 9.29. The summed E-state index contributed by atoms with van der Waals surface area (Å²) in [5.41, 5.74) is 3.24. The normalized spacial score (nSPS) is 11.0. The number of ether oxygens (including phenoxy) is 3. The number of benzene rings is 4. The number of nitro benzene ring substituents is 1. The molecule has 48 heavy (non-hydrogen) atoms. The summed E-state index contributed by atoms with van der Waals surface area (Å²) < 4.78 is 44.4. The molecule has 4 aromatic carbocycles. The van der Waals surface area contributed by atoms with E-state index in [1.807, 2.05) is 30.3 Å². The molecule has 0 fully saturated rings. The summed E-state index contributed by atoms with van der Waals surface area (Å²) in [5, 5.41) is 18.4. The standard InChI is InChI=1S/C33H33N5O9S/c1-45-27-16-17-28(30(20-27)46-2)37(48(43,44)31-11-7-6-10-29(31)38(41)42)22-32(39)36-35-21-25-12-14-26(15-13-25)47-23-33(40)34-19-18-24-8-4-3-5-9-24/h3-17,20-21H,18-19,22-23H2,1-2H3,(H,34,40)(H,36,39)/b35-21-. The second-order valence-electron chi connectivity index (χ2n) is 10.0. The van der Waals surface area contributed by atoms with Crippen molar-refractivity contribution >= 4 is 39.4 Å². The summed E-state index contributed by atoms with van der Waals surface area (Å²) in [6.45, 7) is -0.478. The number of carbonyl (C=O) groups excluding carboxylic acids is 2. The fourth-order valence-corrected chi connectivity index (χ4v) is 6.01. The lowest BCUT2D eigenvalue weighted by Crippen LogP contribution is -2.40. The molecule has 0 unspecified atom stereocenters. The van der Waals surface area contributed by atoms with Crippen molar-refractivity contribution in [3.8, 4) is 17.2 Å². The highest BCUT2D eigenvalue weighted by atomic mass is 32.2. The molecule has 0 aromatic heterocycles. The molecule has 0 atom stereocenters. The van der Waals surface area contributed by atoms with Crippen molar-refractivity contribution in [3.63, 3.8) is 0 Å². The van der Waals surface area contributed by atoms with Crippen LogP contribution in [0.4, 0.5) is 11.4 Å². The second kappa shape index (κ2) is 16.6. The van der Waals surface area contributed by atoms with Crippen LogP contribution in [-0.2, 0) is 26.0 Å². The largest absolute Gasteiger partial charge is 0.497 e. The quantitative estimate of drug-likeness (QED) is 0.102. The highest BCUT2D eigenvalue weighted by molar-refractivity contribution is 7.93. The minimum atomic E-state index is -4.67. The van der Waals surface area contributed by atoms with Crippen LogP contribution in [0.1, 0.15) is 11.1 Å². The first-order chi connectivity index (χ1) is 23.1. The maximum Gasteiger partial charge on any atom is 0.289 e. The highest BCUT2D eigenvalue weighted by Crippen LogP contribution is 2.37. The maximum atomic E-state index is 13.8. The number of sulfonamides is 1. The number of amides is 2. The Kier molecular flexibility index (Phi) is 12.0. The minimum absolute atomic E-state index is 0.0415. The van der Waals surface area contributed by atoms with E-state index in [2.05, 4.69) is 15.8 Å². The molecular formula is C33H33N5O9S. The van der Waals surface area contributed by atoms with E-state index in [1.165, 1.54) is 50.8 Å². The Morgan fingerprint density at radius 2 is 1.58 bits per heavy atom. The Hall–Kier alpha value is -5.96. The third-order valence-electron chi connectivity index (χ3n) is 6.80. The summed E-state index contributed by atoms with van der Waals surface area (Å²) in [6.07, 6.45) is 2.03. The first kappa shape index (κ1) is 34.9. The van der Waals surface area contributed by atoms with E-state index >= 15 is 0 Å². The van der Waals surface area contributed by atoms with E-state index in [-0.39, 0.29) is 24.0 Å². The van der Waals surface area contributed by atoms with Crippen molar-refractivity contribution in [2.45, 2.75) is 11.3 Å². The molecule has 0 aliphatic heterocycles. The van der Waals surface area contributed by atoms with Gasteiger partial charge in [-0.3, -0.25) is 24.0 Å². The molecule has 0 heterocycles. The van der Waals surface area contributed by atoms with Crippen LogP contribution in [0.25, 0.3) is 0 Å². The van der Waals surface area contributed by atoms with Crippen LogP contribution in [0.5, 0.6) is 17.2 Å². The first-order valence-corrected chi connectivity index (χ1v) is 15.9. The molecule has 0 bridgehead atoms. The van der Waals surface area contributed by atoms with Gasteiger partial charge < -0.3 is 19.5 Å². The van der Waals surface area contributed by atoms with Crippen molar-refractivity contribution in [3.05, 3.63) is 118 Å². The van der Waals surface area contributed by atoms with Gasteiger partial charge in [-0.05, 0) is 60.0 Å². The van der Waals surface area contributed by atoms with Gasteiger partial charge in [0.25, 0.3) is 27.5 Å². The number of hydrogen-bond donors (Lipinski definition) is 2. The lowest BCUT2D eigenvalue weighted by molar-refractivity contribution is -0.387. The molecule has 4 rings (SSSR count). The molecule has 0 saturated carbocycles. The maximum absolute atomic E-state index is 13.8. The van der Waals surface area contributed by atoms with Gasteiger partial charge in [-0.15, -0.1) is 0 Å². The van der Waals surface area contributed by atoms with Gasteiger partial charge in [0.2, 0.25) is 0 Å². The van der Waals surface area contributed by atoms with Gasteiger partial charge in [0.05, 0.1) is 31.0 Å². The van der Waals surface area contributed by atoms with Gasteiger partial charge in [0.1, 0.15) is 23.8 Å². The Morgan fingerprint density at radius 1 is 0.896 bits per heavy atom. The molecule has 0 radical (unpaired) electrons. The van der Waals surface area contributed by atoms with Gasteiger partial charge in [-0.1, -0.05) is 42.5 Å². The molecule has 4 aromatic rings. The van der Waals surface area contributed by atoms with Crippen molar-refractivity contribution in [1.82, 2.24) is 10.7 Å². The van der Waals surface area contributed by atoms with Gasteiger partial charge in [-0.2, -0.15) is 5.10 Å². The number of nitro groups is 1. The molecule has 2 N–H and O–H groups in total. The predicted octanol–water partition coefficient (Wildman–Crippen LogP) is 3.70. The molecule has 0 saturated heterocycles. The summed E-state index contributed by atoms with van der Waals surface area (Å²) in [6, 6.07) is 25.4. The molecule has 0 aliphatic rings. The topological polar surface area (TPSA) is 179 Å². The highest BCUT2D eigenvalue weighted by Gasteiger charge is 2.34. The predicted molar refractivity (Wildman–Crippen MR) is 178 cm³/mol. The first-order valence-electron chi connectivity index (χ1n) is 14.5. The zero-order valence-corrected chi connectivity index (χ0v) is 26.9. The van der Waals surface area contributed by atoms with Crippen LogP contribution in [0.15, 0.2) is 107 Å². The minimum Gasteiger partial charge on any atom is -0.497 e. The average Bonchev–Trinajstić information content (AvgIpc) is 3.10. The van der Waals surface area contributed by atoms with Gasteiger partial charge in [-0.25, -0.2) is 13.8 Å². The van der Waals surface area contributed by atoms with E-state index in [1.54, 1.807) is 24.3 Å². The van der Waals surface area contributed by atoms with E-state index in [9.17, 15) is 28.1 Å². The lowest BCUT2D eigenvalue weighted by Gasteiger charge is -2.25. The van der Waals surface area contributed by atoms with Crippen LogP contribution in [0.3, 0.4) is 0 Å². The molecule has 0 spiro atoms. The Bertz CT molecular complexity index is 1870. The summed E-state index contributed by atoms with van der Waals surface area (Å²) in [7, 11) is -1.96. The Balaban J connectivity index is 1.40. The number of nitrogens with one attached hydrogen (secondary N) is 2. The number of hydrazone groups is 1. The Morgan fingerprint density at radius 3 is 2.27 bits per heavy atom. The zero-order chi connectivity index (χ0) is 34.5. The van der Waals surface area contributed by atoms with Gasteiger partial charge in [0.15, 0.2) is 11.5 Å². The second-order valence-corrected chi connectivity index (χ2v) is 11.8. The molecule has 14 nitrogen and oxygen atoms in total. The van der Waals surface area contributed by atoms with Gasteiger partial charge >= 0.3 is 0 Å². The lowest BCUT2D eigenvalue weighted by atomic mass is 10.1.